The number of urea groups is 1. The summed E-state index contributed by atoms with van der Waals surface area (Å²) in [5.41, 5.74) is 1.97. The Balaban J connectivity index is 1.84. The second-order valence-corrected chi connectivity index (χ2v) is 5.76. The van der Waals surface area contributed by atoms with Crippen molar-refractivity contribution < 1.29 is 4.79 Å². The quantitative estimate of drug-likeness (QED) is 0.723. The third-order valence-electron chi connectivity index (χ3n) is 3.25. The summed E-state index contributed by atoms with van der Waals surface area (Å²) in [4.78, 5) is 14.4. The van der Waals surface area contributed by atoms with E-state index in [4.69, 9.17) is 0 Å². The highest BCUT2D eigenvalue weighted by atomic mass is 32.1. The number of para-hydroxylation sites is 1. The molecule has 0 aliphatic rings. The van der Waals surface area contributed by atoms with E-state index in [1.807, 2.05) is 78.2 Å². The highest BCUT2D eigenvalue weighted by molar-refractivity contribution is 7.14. The van der Waals surface area contributed by atoms with Gasteiger partial charge in [0.15, 0.2) is 0 Å². The number of amides is 2. The summed E-state index contributed by atoms with van der Waals surface area (Å²) in [6.45, 7) is 0.530. The molecule has 0 spiro atoms. The van der Waals surface area contributed by atoms with Gasteiger partial charge in [-0.1, -0.05) is 48.5 Å². The molecule has 0 atom stereocenters. The second kappa shape index (κ2) is 6.91. The molecule has 4 heteroatoms. The molecule has 3 rings (SSSR count). The Morgan fingerprint density at radius 2 is 1.59 bits per heavy atom. The van der Waals surface area contributed by atoms with Crippen molar-refractivity contribution in [3.8, 4) is 0 Å². The molecule has 0 fully saturated rings. The first-order chi connectivity index (χ1) is 10.8. The number of rotatable bonds is 4. The first kappa shape index (κ1) is 14.4. The average molecular weight is 308 g/mol. The number of thiophene rings is 1. The number of carbonyl (C=O) groups excluding carboxylic acids is 1. The monoisotopic (exact) mass is 308 g/mol. The van der Waals surface area contributed by atoms with Gasteiger partial charge in [0.25, 0.3) is 0 Å². The molecule has 0 unspecified atom stereocenters. The molecule has 1 heterocycles. The Labute approximate surface area is 133 Å². The second-order valence-electron chi connectivity index (χ2n) is 4.81. The summed E-state index contributed by atoms with van der Waals surface area (Å²) in [7, 11) is 0. The summed E-state index contributed by atoms with van der Waals surface area (Å²) >= 11 is 1.51. The van der Waals surface area contributed by atoms with Crippen LogP contribution in [0.25, 0.3) is 0 Å². The molecule has 3 nitrogen and oxygen atoms in total. The topological polar surface area (TPSA) is 32.3 Å². The fraction of sp³-hybridized carbons (Fsp3) is 0.0556. The van der Waals surface area contributed by atoms with Gasteiger partial charge in [0.2, 0.25) is 0 Å². The highest BCUT2D eigenvalue weighted by Gasteiger charge is 2.16. The molecule has 1 aromatic heterocycles. The van der Waals surface area contributed by atoms with Crippen molar-refractivity contribution in [1.82, 2.24) is 0 Å². The summed E-state index contributed by atoms with van der Waals surface area (Å²) in [6.07, 6.45) is 0. The van der Waals surface area contributed by atoms with E-state index < -0.39 is 0 Å². The van der Waals surface area contributed by atoms with Gasteiger partial charge in [-0.05, 0) is 35.2 Å². The largest absolute Gasteiger partial charge is 0.327 e. The van der Waals surface area contributed by atoms with Crippen LogP contribution in [-0.4, -0.2) is 6.03 Å². The van der Waals surface area contributed by atoms with E-state index in [0.29, 0.717) is 6.54 Å². The van der Waals surface area contributed by atoms with Crippen molar-refractivity contribution in [3.05, 3.63) is 83.7 Å². The normalized spacial score (nSPS) is 10.2. The molecule has 110 valence electrons. The maximum absolute atomic E-state index is 12.6. The van der Waals surface area contributed by atoms with Gasteiger partial charge in [0.1, 0.15) is 0 Å². The standard InChI is InChI=1S/C18H16N2OS/c21-18(19-17-12-7-13-22-17)20(16-10-5-2-6-11-16)14-15-8-3-1-4-9-15/h1-13H,14H2,(H,19,21). The van der Waals surface area contributed by atoms with E-state index in [-0.39, 0.29) is 6.03 Å². The first-order valence-electron chi connectivity index (χ1n) is 7.04. The molecule has 22 heavy (non-hydrogen) atoms. The van der Waals surface area contributed by atoms with E-state index in [1.54, 1.807) is 4.90 Å². The Bertz CT molecular complexity index is 711. The molecule has 1 N–H and O–H groups in total. The maximum Gasteiger partial charge on any atom is 0.327 e. The van der Waals surface area contributed by atoms with Crippen LogP contribution in [0.5, 0.6) is 0 Å². The minimum Gasteiger partial charge on any atom is -0.299 e. The smallest absolute Gasteiger partial charge is 0.299 e. The molecular weight excluding hydrogens is 292 g/mol. The predicted octanol–water partition coefficient (Wildman–Crippen LogP) is 4.99. The van der Waals surface area contributed by atoms with Gasteiger partial charge < -0.3 is 0 Å². The van der Waals surface area contributed by atoms with Crippen LogP contribution in [0.1, 0.15) is 5.56 Å². The van der Waals surface area contributed by atoms with Crippen LogP contribution < -0.4 is 10.2 Å². The molecular formula is C18H16N2OS. The van der Waals surface area contributed by atoms with E-state index >= 15 is 0 Å². The Morgan fingerprint density at radius 1 is 0.909 bits per heavy atom. The Kier molecular flexibility index (Phi) is 4.51. The first-order valence-corrected chi connectivity index (χ1v) is 7.92. The third kappa shape index (κ3) is 3.54. The van der Waals surface area contributed by atoms with Crippen LogP contribution in [0.2, 0.25) is 0 Å². The van der Waals surface area contributed by atoms with Crippen molar-refractivity contribution in [1.29, 1.82) is 0 Å². The summed E-state index contributed by atoms with van der Waals surface area (Å²) in [5, 5.41) is 5.74. The number of hydrogen-bond donors (Lipinski definition) is 1. The number of hydrogen-bond acceptors (Lipinski definition) is 2. The molecule has 3 aromatic rings. The minimum absolute atomic E-state index is 0.127. The number of nitrogens with zero attached hydrogens (tertiary/aromatic N) is 1. The average Bonchev–Trinajstić information content (AvgIpc) is 3.07. The van der Waals surface area contributed by atoms with Gasteiger partial charge in [-0.25, -0.2) is 4.79 Å². The summed E-state index contributed by atoms with van der Waals surface area (Å²) in [5.74, 6) is 0. The highest BCUT2D eigenvalue weighted by Crippen LogP contribution is 2.21. The van der Waals surface area contributed by atoms with E-state index in [9.17, 15) is 4.79 Å². The summed E-state index contributed by atoms with van der Waals surface area (Å²) in [6, 6.07) is 23.4. The fourth-order valence-corrected chi connectivity index (χ4v) is 2.78. The molecule has 0 saturated carbocycles. The van der Waals surface area contributed by atoms with Crippen LogP contribution in [0.15, 0.2) is 78.2 Å². The van der Waals surface area contributed by atoms with Crippen LogP contribution in [0.3, 0.4) is 0 Å². The molecule has 0 saturated heterocycles. The van der Waals surface area contributed by atoms with E-state index in [1.165, 1.54) is 11.3 Å². The lowest BCUT2D eigenvalue weighted by atomic mass is 10.2. The van der Waals surface area contributed by atoms with Gasteiger partial charge in [-0.15, -0.1) is 11.3 Å². The Hall–Kier alpha value is -2.59. The molecule has 0 aliphatic carbocycles. The molecule has 2 aromatic carbocycles. The van der Waals surface area contributed by atoms with Crippen molar-refractivity contribution in [2.75, 3.05) is 10.2 Å². The van der Waals surface area contributed by atoms with E-state index in [0.717, 1.165) is 16.3 Å². The van der Waals surface area contributed by atoms with Gasteiger partial charge in [-0.3, -0.25) is 10.2 Å². The van der Waals surface area contributed by atoms with Crippen molar-refractivity contribution in [2.45, 2.75) is 6.54 Å². The van der Waals surface area contributed by atoms with Gasteiger partial charge in [0.05, 0.1) is 11.5 Å². The zero-order valence-corrected chi connectivity index (χ0v) is 12.8. The molecule has 0 bridgehead atoms. The van der Waals surface area contributed by atoms with Crippen molar-refractivity contribution in [2.24, 2.45) is 0 Å². The third-order valence-corrected chi connectivity index (χ3v) is 4.03. The van der Waals surface area contributed by atoms with Crippen molar-refractivity contribution >= 4 is 28.1 Å². The number of benzene rings is 2. The zero-order chi connectivity index (χ0) is 15.2. The zero-order valence-electron chi connectivity index (χ0n) is 12.0. The van der Waals surface area contributed by atoms with Crippen LogP contribution >= 0.6 is 11.3 Å². The van der Waals surface area contributed by atoms with Gasteiger partial charge in [-0.2, -0.15) is 0 Å². The fourth-order valence-electron chi connectivity index (χ4n) is 2.18. The lowest BCUT2D eigenvalue weighted by Gasteiger charge is -2.23. The predicted molar refractivity (Wildman–Crippen MR) is 92.4 cm³/mol. The summed E-state index contributed by atoms with van der Waals surface area (Å²) < 4.78 is 0. The van der Waals surface area contributed by atoms with Gasteiger partial charge >= 0.3 is 6.03 Å². The molecule has 0 aliphatic heterocycles. The Morgan fingerprint density at radius 3 is 2.23 bits per heavy atom. The lowest BCUT2D eigenvalue weighted by molar-refractivity contribution is 0.256. The van der Waals surface area contributed by atoms with Gasteiger partial charge in [0, 0.05) is 5.69 Å². The number of carbonyl (C=O) groups is 1. The lowest BCUT2D eigenvalue weighted by Crippen LogP contribution is -2.34. The minimum atomic E-state index is -0.127. The van der Waals surface area contributed by atoms with Crippen molar-refractivity contribution in [3.63, 3.8) is 0 Å². The van der Waals surface area contributed by atoms with E-state index in [2.05, 4.69) is 5.32 Å². The maximum atomic E-state index is 12.6. The molecule has 2 amide bonds. The van der Waals surface area contributed by atoms with Crippen LogP contribution in [-0.2, 0) is 6.54 Å². The van der Waals surface area contributed by atoms with Crippen LogP contribution in [0, 0.1) is 0 Å². The number of nitrogens with one attached hydrogen (secondary N) is 1. The molecule has 0 radical (unpaired) electrons. The van der Waals surface area contributed by atoms with Crippen LogP contribution in [0.4, 0.5) is 15.5 Å². The number of anilines is 2. The SMILES string of the molecule is O=C(Nc1cccs1)N(Cc1ccccc1)c1ccccc1.